The molecule has 1 unspecified atom stereocenters. The van der Waals surface area contributed by atoms with E-state index in [1.807, 2.05) is 24.3 Å². The van der Waals surface area contributed by atoms with Gasteiger partial charge in [0.1, 0.15) is 0 Å². The second-order valence-corrected chi connectivity index (χ2v) is 5.87. The van der Waals surface area contributed by atoms with Gasteiger partial charge in [-0.15, -0.1) is 0 Å². The summed E-state index contributed by atoms with van der Waals surface area (Å²) in [6.45, 7) is 0.821. The van der Waals surface area contributed by atoms with Crippen LogP contribution in [0.25, 0.3) is 10.2 Å². The Balaban J connectivity index is 1.86. The number of nitrogens with one attached hydrogen (secondary N) is 1. The standard InChI is InChI=1S/C14H19N3O3S/c1-17(7-10(18)9-20-2)8-13(19)16-14-15-11-5-3-4-6-12(11)21-14/h3-6,10,18H,7-9H2,1-2H3,(H,15,16,19). The average molecular weight is 309 g/mol. The van der Waals surface area contributed by atoms with Gasteiger partial charge in [-0.25, -0.2) is 4.98 Å². The smallest absolute Gasteiger partial charge is 0.240 e. The predicted octanol–water partition coefficient (Wildman–Crippen LogP) is 1.17. The van der Waals surface area contributed by atoms with E-state index in [9.17, 15) is 9.90 Å². The number of likely N-dealkylation sites (N-methyl/N-ethyl adjacent to an activating group) is 1. The van der Waals surface area contributed by atoms with Crippen LogP contribution in [0.1, 0.15) is 0 Å². The number of rotatable bonds is 7. The number of nitrogens with zero attached hydrogens (tertiary/aromatic N) is 2. The van der Waals surface area contributed by atoms with E-state index in [1.54, 1.807) is 11.9 Å². The molecule has 0 fully saturated rings. The Labute approximate surface area is 127 Å². The van der Waals surface area contributed by atoms with Crippen molar-refractivity contribution in [2.45, 2.75) is 6.10 Å². The van der Waals surface area contributed by atoms with Crippen LogP contribution in [0.3, 0.4) is 0 Å². The van der Waals surface area contributed by atoms with Gasteiger partial charge in [0.15, 0.2) is 5.13 Å². The van der Waals surface area contributed by atoms with Gasteiger partial charge in [0.05, 0.1) is 29.5 Å². The summed E-state index contributed by atoms with van der Waals surface area (Å²) in [6.07, 6.45) is -0.602. The molecule has 0 aliphatic carbocycles. The molecule has 7 heteroatoms. The van der Waals surface area contributed by atoms with Crippen LogP contribution < -0.4 is 5.32 Å². The van der Waals surface area contributed by atoms with Crippen LogP contribution >= 0.6 is 11.3 Å². The lowest BCUT2D eigenvalue weighted by Gasteiger charge is -2.19. The van der Waals surface area contributed by atoms with Crippen LogP contribution in [-0.2, 0) is 9.53 Å². The van der Waals surface area contributed by atoms with Crippen molar-refractivity contribution in [3.8, 4) is 0 Å². The van der Waals surface area contributed by atoms with Crippen molar-refractivity contribution < 1.29 is 14.6 Å². The Morgan fingerprint density at radius 2 is 2.29 bits per heavy atom. The summed E-state index contributed by atoms with van der Waals surface area (Å²) in [5, 5.41) is 13.0. The zero-order valence-electron chi connectivity index (χ0n) is 12.1. The molecule has 2 N–H and O–H groups in total. The summed E-state index contributed by atoms with van der Waals surface area (Å²) in [5.74, 6) is -0.152. The lowest BCUT2D eigenvalue weighted by atomic mass is 10.3. The number of carbonyl (C=O) groups excluding carboxylic acids is 1. The fourth-order valence-corrected chi connectivity index (χ4v) is 2.88. The number of hydrogen-bond donors (Lipinski definition) is 2. The number of hydrogen-bond acceptors (Lipinski definition) is 6. The molecule has 1 aromatic heterocycles. The third kappa shape index (κ3) is 4.75. The minimum Gasteiger partial charge on any atom is -0.389 e. The zero-order chi connectivity index (χ0) is 15.2. The number of fused-ring (bicyclic) bond motifs is 1. The summed E-state index contributed by atoms with van der Waals surface area (Å²) >= 11 is 1.44. The minimum atomic E-state index is -0.602. The summed E-state index contributed by atoms with van der Waals surface area (Å²) in [5.41, 5.74) is 0.877. The molecule has 0 aliphatic heterocycles. The van der Waals surface area contributed by atoms with Crippen molar-refractivity contribution >= 4 is 32.6 Å². The van der Waals surface area contributed by atoms with E-state index in [1.165, 1.54) is 18.4 Å². The molecule has 114 valence electrons. The molecular weight excluding hydrogens is 290 g/mol. The van der Waals surface area contributed by atoms with Crippen LogP contribution in [0, 0.1) is 0 Å². The quantitative estimate of drug-likeness (QED) is 0.803. The number of aromatic nitrogens is 1. The van der Waals surface area contributed by atoms with E-state index in [0.29, 0.717) is 11.7 Å². The molecular formula is C14H19N3O3S. The molecule has 1 atom stereocenters. The van der Waals surface area contributed by atoms with Crippen LogP contribution in [0.5, 0.6) is 0 Å². The lowest BCUT2D eigenvalue weighted by Crippen LogP contribution is -2.37. The van der Waals surface area contributed by atoms with Crippen molar-refractivity contribution in [3.05, 3.63) is 24.3 Å². The molecule has 0 bridgehead atoms. The first kappa shape index (κ1) is 15.8. The van der Waals surface area contributed by atoms with Gasteiger partial charge in [0.2, 0.25) is 5.91 Å². The Morgan fingerprint density at radius 1 is 1.52 bits per heavy atom. The normalized spacial score (nSPS) is 12.8. The van der Waals surface area contributed by atoms with E-state index in [4.69, 9.17) is 4.74 Å². The molecule has 0 spiro atoms. The van der Waals surface area contributed by atoms with Crippen LogP contribution in [-0.4, -0.2) is 60.9 Å². The molecule has 2 aromatic rings. The molecule has 2 rings (SSSR count). The second kappa shape index (κ2) is 7.46. The molecule has 0 saturated heterocycles. The molecule has 0 aliphatic rings. The predicted molar refractivity (Wildman–Crippen MR) is 83.6 cm³/mol. The summed E-state index contributed by atoms with van der Waals surface area (Å²) in [7, 11) is 3.31. The number of aliphatic hydroxyl groups excluding tert-OH is 1. The number of amides is 1. The van der Waals surface area contributed by atoms with Gasteiger partial charge in [0.25, 0.3) is 0 Å². The van der Waals surface area contributed by atoms with Crippen molar-refractivity contribution in [1.82, 2.24) is 9.88 Å². The molecule has 21 heavy (non-hydrogen) atoms. The minimum absolute atomic E-state index is 0.152. The fraction of sp³-hybridized carbons (Fsp3) is 0.429. The zero-order valence-corrected chi connectivity index (χ0v) is 12.9. The Morgan fingerprint density at radius 3 is 3.00 bits per heavy atom. The lowest BCUT2D eigenvalue weighted by molar-refractivity contribution is -0.117. The topological polar surface area (TPSA) is 74.7 Å². The average Bonchev–Trinajstić information content (AvgIpc) is 2.80. The number of anilines is 1. The summed E-state index contributed by atoms with van der Waals surface area (Å²) in [4.78, 5) is 18.0. The van der Waals surface area contributed by atoms with Crippen LogP contribution in [0.4, 0.5) is 5.13 Å². The van der Waals surface area contributed by atoms with E-state index >= 15 is 0 Å². The highest BCUT2D eigenvalue weighted by molar-refractivity contribution is 7.22. The van der Waals surface area contributed by atoms with E-state index in [0.717, 1.165) is 10.2 Å². The van der Waals surface area contributed by atoms with Gasteiger partial charge in [-0.3, -0.25) is 9.69 Å². The maximum atomic E-state index is 11.9. The largest absolute Gasteiger partial charge is 0.389 e. The number of methoxy groups -OCH3 is 1. The molecule has 0 radical (unpaired) electrons. The van der Waals surface area contributed by atoms with Crippen molar-refractivity contribution in [2.75, 3.05) is 39.2 Å². The monoisotopic (exact) mass is 309 g/mol. The summed E-state index contributed by atoms with van der Waals surface area (Å²) < 4.78 is 5.89. The number of para-hydroxylation sites is 1. The number of ether oxygens (including phenoxy) is 1. The second-order valence-electron chi connectivity index (χ2n) is 4.84. The number of carbonyl (C=O) groups is 1. The maximum Gasteiger partial charge on any atom is 0.240 e. The highest BCUT2D eigenvalue weighted by Crippen LogP contribution is 2.25. The fourth-order valence-electron chi connectivity index (χ4n) is 2.00. The van der Waals surface area contributed by atoms with E-state index in [-0.39, 0.29) is 19.1 Å². The molecule has 1 amide bonds. The number of aliphatic hydroxyl groups is 1. The van der Waals surface area contributed by atoms with Gasteiger partial charge in [-0.05, 0) is 19.2 Å². The summed E-state index contributed by atoms with van der Waals surface area (Å²) in [6, 6.07) is 7.74. The SMILES string of the molecule is COCC(O)CN(C)CC(=O)Nc1nc2ccccc2s1. The number of benzene rings is 1. The molecule has 0 saturated carbocycles. The number of thiazole rings is 1. The molecule has 1 aromatic carbocycles. The van der Waals surface area contributed by atoms with Gasteiger partial charge >= 0.3 is 0 Å². The van der Waals surface area contributed by atoms with Gasteiger partial charge in [-0.2, -0.15) is 0 Å². The first-order chi connectivity index (χ1) is 10.1. The first-order valence-corrected chi connectivity index (χ1v) is 7.41. The van der Waals surface area contributed by atoms with Crippen molar-refractivity contribution in [2.24, 2.45) is 0 Å². The van der Waals surface area contributed by atoms with Crippen LogP contribution in [0.15, 0.2) is 24.3 Å². The maximum absolute atomic E-state index is 11.9. The molecule has 6 nitrogen and oxygen atoms in total. The Bertz CT molecular complexity index is 569. The van der Waals surface area contributed by atoms with E-state index in [2.05, 4.69) is 10.3 Å². The molecule has 1 heterocycles. The first-order valence-electron chi connectivity index (χ1n) is 6.59. The Kier molecular flexibility index (Phi) is 5.63. The third-order valence-electron chi connectivity index (χ3n) is 2.84. The highest BCUT2D eigenvalue weighted by atomic mass is 32.1. The van der Waals surface area contributed by atoms with Crippen molar-refractivity contribution in [3.63, 3.8) is 0 Å². The van der Waals surface area contributed by atoms with Gasteiger partial charge in [-0.1, -0.05) is 23.5 Å². The van der Waals surface area contributed by atoms with Gasteiger partial charge < -0.3 is 15.2 Å². The van der Waals surface area contributed by atoms with Gasteiger partial charge in [0, 0.05) is 13.7 Å². The van der Waals surface area contributed by atoms with Crippen molar-refractivity contribution in [1.29, 1.82) is 0 Å². The third-order valence-corrected chi connectivity index (χ3v) is 3.79. The van der Waals surface area contributed by atoms with Crippen LogP contribution in [0.2, 0.25) is 0 Å². The van der Waals surface area contributed by atoms with E-state index < -0.39 is 6.10 Å². The highest BCUT2D eigenvalue weighted by Gasteiger charge is 2.13. The Hall–Kier alpha value is -1.54.